The van der Waals surface area contributed by atoms with Crippen molar-refractivity contribution in [2.24, 2.45) is 11.7 Å². The molecule has 2 rings (SSSR count). The van der Waals surface area contributed by atoms with Crippen molar-refractivity contribution in [3.05, 3.63) is 58.9 Å². The Morgan fingerprint density at radius 2 is 1.71 bits per heavy atom. The summed E-state index contributed by atoms with van der Waals surface area (Å²) in [5.41, 5.74) is 6.73. The molecule has 6 nitrogen and oxygen atoms in total. The summed E-state index contributed by atoms with van der Waals surface area (Å²) in [4.78, 5) is 25.2. The van der Waals surface area contributed by atoms with Crippen LogP contribution in [0.25, 0.3) is 11.1 Å². The van der Waals surface area contributed by atoms with Gasteiger partial charge in [-0.2, -0.15) is 0 Å². The predicted molar refractivity (Wildman–Crippen MR) is 137 cm³/mol. The molecule has 0 saturated heterocycles. The van der Waals surface area contributed by atoms with E-state index in [-0.39, 0.29) is 18.8 Å². The lowest BCUT2D eigenvalue weighted by Gasteiger charge is -2.32. The van der Waals surface area contributed by atoms with E-state index in [4.69, 9.17) is 26.8 Å². The zero-order chi connectivity index (χ0) is 26.4. The lowest BCUT2D eigenvalue weighted by atomic mass is 9.82. The number of alkyl carbamates (subject to hydrolysis) is 1. The fraction of sp³-hybridized carbons (Fsp3) is 0.481. The average molecular weight is 507 g/mol. The third-order valence-electron chi connectivity index (χ3n) is 5.39. The maximum atomic E-state index is 14.3. The topological polar surface area (TPSA) is 90.6 Å². The normalized spacial score (nSPS) is 13.6. The minimum absolute atomic E-state index is 0.233. The number of halogens is 2. The third-order valence-corrected chi connectivity index (χ3v) is 5.62. The molecule has 2 atom stereocenters. The SMILES string of the molecule is CCOC(=O)C(CC(Cc1ccc(-c2cc(Cl)ccc2F)cc1)NC(=O)OC(C)(C)C)C(C)(C)N. The van der Waals surface area contributed by atoms with E-state index < -0.39 is 35.2 Å². The lowest BCUT2D eigenvalue weighted by Crippen LogP contribution is -2.50. The van der Waals surface area contributed by atoms with E-state index in [1.54, 1.807) is 59.7 Å². The fourth-order valence-corrected chi connectivity index (χ4v) is 3.89. The van der Waals surface area contributed by atoms with E-state index in [1.807, 2.05) is 12.1 Å². The first-order valence-corrected chi connectivity index (χ1v) is 12.1. The van der Waals surface area contributed by atoms with Gasteiger partial charge in [-0.05, 0) is 83.7 Å². The number of carbonyl (C=O) groups excluding carboxylic acids is 2. The van der Waals surface area contributed by atoms with Crippen LogP contribution < -0.4 is 11.1 Å². The van der Waals surface area contributed by atoms with Crippen LogP contribution in [0, 0.1) is 11.7 Å². The second-order valence-electron chi connectivity index (χ2n) is 10.2. The number of ether oxygens (including phenoxy) is 2. The van der Waals surface area contributed by atoms with Crippen molar-refractivity contribution in [1.82, 2.24) is 5.32 Å². The Morgan fingerprint density at radius 1 is 1.09 bits per heavy atom. The Labute approximate surface area is 212 Å². The molecule has 0 bridgehead atoms. The molecule has 2 aromatic rings. The second-order valence-corrected chi connectivity index (χ2v) is 10.7. The molecule has 0 radical (unpaired) electrons. The van der Waals surface area contributed by atoms with Crippen LogP contribution in [0.15, 0.2) is 42.5 Å². The highest BCUT2D eigenvalue weighted by Crippen LogP contribution is 2.28. The summed E-state index contributed by atoms with van der Waals surface area (Å²) >= 11 is 6.03. The second kappa shape index (κ2) is 11.9. The van der Waals surface area contributed by atoms with Gasteiger partial charge in [0, 0.05) is 22.2 Å². The van der Waals surface area contributed by atoms with Crippen molar-refractivity contribution in [2.45, 2.75) is 71.6 Å². The Balaban J connectivity index is 2.29. The monoisotopic (exact) mass is 506 g/mol. The highest BCUT2D eigenvalue weighted by Gasteiger charge is 2.36. The van der Waals surface area contributed by atoms with Gasteiger partial charge < -0.3 is 20.5 Å². The Morgan fingerprint density at radius 3 is 2.26 bits per heavy atom. The zero-order valence-electron chi connectivity index (χ0n) is 21.3. The zero-order valence-corrected chi connectivity index (χ0v) is 22.0. The van der Waals surface area contributed by atoms with Crippen LogP contribution in [-0.4, -0.2) is 35.9 Å². The Hall–Kier alpha value is -2.64. The summed E-state index contributed by atoms with van der Waals surface area (Å²) in [6, 6.07) is 11.2. The van der Waals surface area contributed by atoms with E-state index in [0.717, 1.165) is 5.56 Å². The van der Waals surface area contributed by atoms with Gasteiger partial charge >= 0.3 is 12.1 Å². The molecule has 0 aliphatic heterocycles. The van der Waals surface area contributed by atoms with Crippen LogP contribution in [0.1, 0.15) is 53.5 Å². The molecule has 8 heteroatoms. The third kappa shape index (κ3) is 9.15. The quantitative estimate of drug-likeness (QED) is 0.414. The van der Waals surface area contributed by atoms with E-state index >= 15 is 0 Å². The van der Waals surface area contributed by atoms with Crippen LogP contribution in [0.4, 0.5) is 9.18 Å². The molecule has 0 heterocycles. The van der Waals surface area contributed by atoms with E-state index in [2.05, 4.69) is 5.32 Å². The van der Waals surface area contributed by atoms with Gasteiger partial charge in [-0.25, -0.2) is 9.18 Å². The molecule has 0 aromatic heterocycles. The maximum absolute atomic E-state index is 14.3. The van der Waals surface area contributed by atoms with Gasteiger partial charge in [-0.3, -0.25) is 4.79 Å². The van der Waals surface area contributed by atoms with Gasteiger partial charge in [0.15, 0.2) is 0 Å². The lowest BCUT2D eigenvalue weighted by molar-refractivity contribution is -0.150. The van der Waals surface area contributed by atoms with Crippen molar-refractivity contribution in [3.63, 3.8) is 0 Å². The summed E-state index contributed by atoms with van der Waals surface area (Å²) in [5, 5.41) is 3.33. The molecular formula is C27H36ClFN2O4. The predicted octanol–water partition coefficient (Wildman–Crippen LogP) is 5.89. The fourth-order valence-electron chi connectivity index (χ4n) is 3.72. The smallest absolute Gasteiger partial charge is 0.407 e. The van der Waals surface area contributed by atoms with E-state index in [0.29, 0.717) is 22.6 Å². The van der Waals surface area contributed by atoms with Crippen molar-refractivity contribution >= 4 is 23.7 Å². The van der Waals surface area contributed by atoms with Crippen molar-refractivity contribution in [1.29, 1.82) is 0 Å². The molecule has 0 saturated carbocycles. The van der Waals surface area contributed by atoms with Crippen LogP contribution in [0.3, 0.4) is 0 Å². The summed E-state index contributed by atoms with van der Waals surface area (Å²) in [7, 11) is 0. The molecule has 0 aliphatic carbocycles. The molecule has 35 heavy (non-hydrogen) atoms. The minimum Gasteiger partial charge on any atom is -0.466 e. The molecule has 0 fully saturated rings. The van der Waals surface area contributed by atoms with Crippen molar-refractivity contribution in [2.75, 3.05) is 6.61 Å². The summed E-state index contributed by atoms with van der Waals surface area (Å²) in [6.45, 7) is 10.8. The molecular weight excluding hydrogens is 471 g/mol. The minimum atomic E-state index is -0.867. The standard InChI is InChI=1S/C27H36ClFN2O4/c1-7-34-24(32)22(27(5,6)30)16-20(31-25(33)35-26(2,3)4)14-17-8-10-18(11-9-17)21-15-19(28)12-13-23(21)29/h8-13,15,20,22H,7,14,16,30H2,1-6H3,(H,31,33). The summed E-state index contributed by atoms with van der Waals surface area (Å²) in [6.07, 6.45) is 0.0769. The first-order valence-electron chi connectivity index (χ1n) is 11.7. The Kier molecular flexibility index (Phi) is 9.69. The summed E-state index contributed by atoms with van der Waals surface area (Å²) in [5.74, 6) is -1.43. The number of nitrogens with two attached hydrogens (primary N) is 1. The largest absolute Gasteiger partial charge is 0.466 e. The Bertz CT molecular complexity index is 1010. The highest BCUT2D eigenvalue weighted by atomic mass is 35.5. The summed E-state index contributed by atoms with van der Waals surface area (Å²) < 4.78 is 24.9. The maximum Gasteiger partial charge on any atom is 0.407 e. The first-order chi connectivity index (χ1) is 16.2. The number of rotatable bonds is 9. The number of hydrogen-bond acceptors (Lipinski definition) is 5. The van der Waals surface area contributed by atoms with E-state index in [9.17, 15) is 14.0 Å². The van der Waals surface area contributed by atoms with Gasteiger partial charge in [0.05, 0.1) is 12.5 Å². The van der Waals surface area contributed by atoms with Gasteiger partial charge in [-0.15, -0.1) is 0 Å². The molecule has 2 aromatic carbocycles. The molecule has 0 aliphatic rings. The number of esters is 1. The van der Waals surface area contributed by atoms with Crippen LogP contribution in [-0.2, 0) is 20.7 Å². The van der Waals surface area contributed by atoms with E-state index in [1.165, 1.54) is 12.1 Å². The van der Waals surface area contributed by atoms with Crippen LogP contribution in [0.2, 0.25) is 5.02 Å². The van der Waals surface area contributed by atoms with Crippen molar-refractivity contribution < 1.29 is 23.5 Å². The van der Waals surface area contributed by atoms with Crippen LogP contribution >= 0.6 is 11.6 Å². The molecule has 2 unspecified atom stereocenters. The molecule has 0 spiro atoms. The number of amides is 1. The van der Waals surface area contributed by atoms with Crippen LogP contribution in [0.5, 0.6) is 0 Å². The van der Waals surface area contributed by atoms with Gasteiger partial charge in [-0.1, -0.05) is 35.9 Å². The molecule has 192 valence electrons. The number of benzene rings is 2. The first kappa shape index (κ1) is 28.6. The van der Waals surface area contributed by atoms with Gasteiger partial charge in [0.1, 0.15) is 11.4 Å². The highest BCUT2D eigenvalue weighted by molar-refractivity contribution is 6.30. The molecule has 1 amide bonds. The van der Waals surface area contributed by atoms with Gasteiger partial charge in [0.25, 0.3) is 0 Å². The number of carbonyl (C=O) groups is 2. The van der Waals surface area contributed by atoms with Gasteiger partial charge in [0.2, 0.25) is 0 Å². The average Bonchev–Trinajstić information content (AvgIpc) is 2.72. The molecule has 3 N–H and O–H groups in total. The number of hydrogen-bond donors (Lipinski definition) is 2. The van der Waals surface area contributed by atoms with Crippen molar-refractivity contribution in [3.8, 4) is 11.1 Å². The number of nitrogens with one attached hydrogen (secondary N) is 1.